The quantitative estimate of drug-likeness (QED) is 0.627. The summed E-state index contributed by atoms with van der Waals surface area (Å²) < 4.78 is 16.6. The summed E-state index contributed by atoms with van der Waals surface area (Å²) in [4.78, 5) is 25.8. The third-order valence-electron chi connectivity index (χ3n) is 4.69. The van der Waals surface area contributed by atoms with Gasteiger partial charge in [0.2, 0.25) is 5.43 Å². The van der Waals surface area contributed by atoms with Crippen LogP contribution in [0.25, 0.3) is 10.9 Å². The van der Waals surface area contributed by atoms with Crippen LogP contribution in [0.1, 0.15) is 29.8 Å². The predicted molar refractivity (Wildman–Crippen MR) is 114 cm³/mol. The van der Waals surface area contributed by atoms with E-state index in [1.165, 1.54) is 6.20 Å². The molecule has 0 atom stereocenters. The highest BCUT2D eigenvalue weighted by Crippen LogP contribution is 2.26. The molecule has 0 unspecified atom stereocenters. The third-order valence-corrected chi connectivity index (χ3v) is 4.94. The first-order valence-corrected chi connectivity index (χ1v) is 9.60. The van der Waals surface area contributed by atoms with Crippen LogP contribution >= 0.6 is 11.6 Å². The molecule has 3 aromatic rings. The molecule has 0 amide bonds. The molecule has 0 aliphatic rings. The molecular weight excluding hydrogens is 395 g/mol. The van der Waals surface area contributed by atoms with Crippen molar-refractivity contribution in [2.24, 2.45) is 5.92 Å². The largest absolute Gasteiger partial charge is 0.477 e. The number of aromatic nitrogens is 1. The van der Waals surface area contributed by atoms with Crippen LogP contribution in [0.3, 0.4) is 0 Å². The van der Waals surface area contributed by atoms with Crippen LogP contribution in [0.5, 0.6) is 0 Å². The van der Waals surface area contributed by atoms with E-state index in [0.717, 1.165) is 11.6 Å². The Hall–Kier alpha value is -2.86. The molecule has 1 N–H and O–H groups in total. The molecule has 0 radical (unpaired) electrons. The standard InChI is InChI=1S/C22H22ClFN2O3/c1-13(2)10-26-12-17(22(28)29)21(27)16-8-18(24)20(9-19(16)26)25(3)11-14-4-6-15(23)7-5-14/h4-9,12-13H,10-11H2,1-3H3,(H,28,29). The summed E-state index contributed by atoms with van der Waals surface area (Å²) in [6.07, 6.45) is 1.34. The Balaban J connectivity index is 2.13. The molecule has 1 heterocycles. The lowest BCUT2D eigenvalue weighted by molar-refractivity contribution is 0.0694. The molecule has 0 spiro atoms. The lowest BCUT2D eigenvalue weighted by Gasteiger charge is -2.22. The van der Waals surface area contributed by atoms with E-state index >= 15 is 0 Å². The maximum Gasteiger partial charge on any atom is 0.341 e. The molecule has 3 rings (SSSR count). The lowest BCUT2D eigenvalue weighted by atomic mass is 10.1. The fourth-order valence-electron chi connectivity index (χ4n) is 3.34. The number of benzene rings is 2. The van der Waals surface area contributed by atoms with Crippen molar-refractivity contribution in [3.8, 4) is 0 Å². The van der Waals surface area contributed by atoms with Crippen molar-refractivity contribution in [1.29, 1.82) is 0 Å². The topological polar surface area (TPSA) is 62.5 Å². The molecule has 29 heavy (non-hydrogen) atoms. The SMILES string of the molecule is CC(C)Cn1cc(C(=O)O)c(=O)c2cc(F)c(N(C)Cc3ccc(Cl)cc3)cc21. The highest BCUT2D eigenvalue weighted by atomic mass is 35.5. The van der Waals surface area contributed by atoms with E-state index < -0.39 is 17.2 Å². The molecule has 5 nitrogen and oxygen atoms in total. The summed E-state index contributed by atoms with van der Waals surface area (Å²) in [6, 6.07) is 10.0. The molecule has 2 aromatic carbocycles. The predicted octanol–water partition coefficient (Wildman–Crippen LogP) is 4.78. The van der Waals surface area contributed by atoms with Gasteiger partial charge in [-0.3, -0.25) is 4.79 Å². The van der Waals surface area contributed by atoms with E-state index in [0.29, 0.717) is 29.3 Å². The summed E-state index contributed by atoms with van der Waals surface area (Å²) >= 11 is 5.92. The average Bonchev–Trinajstić information content (AvgIpc) is 2.65. The molecule has 0 saturated carbocycles. The molecule has 0 fully saturated rings. The Morgan fingerprint density at radius 2 is 1.90 bits per heavy atom. The van der Waals surface area contributed by atoms with E-state index in [9.17, 15) is 19.1 Å². The van der Waals surface area contributed by atoms with Crippen molar-refractivity contribution >= 4 is 34.2 Å². The lowest BCUT2D eigenvalue weighted by Crippen LogP contribution is -2.22. The van der Waals surface area contributed by atoms with Crippen molar-refractivity contribution in [2.45, 2.75) is 26.9 Å². The van der Waals surface area contributed by atoms with Crippen LogP contribution in [0, 0.1) is 11.7 Å². The minimum Gasteiger partial charge on any atom is -0.477 e. The minimum absolute atomic E-state index is 0.0618. The van der Waals surface area contributed by atoms with Gasteiger partial charge in [0.05, 0.1) is 11.2 Å². The Kier molecular flexibility index (Phi) is 5.94. The van der Waals surface area contributed by atoms with E-state index in [4.69, 9.17) is 11.6 Å². The zero-order valence-corrected chi connectivity index (χ0v) is 17.2. The van der Waals surface area contributed by atoms with Crippen LogP contribution in [0.4, 0.5) is 10.1 Å². The van der Waals surface area contributed by atoms with Crippen LogP contribution in [-0.2, 0) is 13.1 Å². The van der Waals surface area contributed by atoms with Crippen LogP contribution in [-0.4, -0.2) is 22.7 Å². The van der Waals surface area contributed by atoms with Gasteiger partial charge in [-0.1, -0.05) is 37.6 Å². The number of carboxylic acids is 1. The van der Waals surface area contributed by atoms with Crippen molar-refractivity contribution in [1.82, 2.24) is 4.57 Å². The van der Waals surface area contributed by atoms with E-state index in [2.05, 4.69) is 0 Å². The van der Waals surface area contributed by atoms with Crippen LogP contribution in [0.15, 0.2) is 47.4 Å². The number of carboxylic acid groups (broad SMARTS) is 1. The zero-order valence-electron chi connectivity index (χ0n) is 16.4. The molecule has 1 aromatic heterocycles. The second-order valence-electron chi connectivity index (χ2n) is 7.53. The summed E-state index contributed by atoms with van der Waals surface area (Å²) in [7, 11) is 1.76. The van der Waals surface area contributed by atoms with Gasteiger partial charge in [0.25, 0.3) is 0 Å². The second kappa shape index (κ2) is 8.25. The summed E-state index contributed by atoms with van der Waals surface area (Å²) in [5.41, 5.74) is 0.746. The first-order chi connectivity index (χ1) is 13.7. The van der Waals surface area contributed by atoms with E-state index in [-0.39, 0.29) is 16.9 Å². The number of pyridine rings is 1. The molecule has 0 aliphatic heterocycles. The molecule has 0 saturated heterocycles. The van der Waals surface area contributed by atoms with Gasteiger partial charge in [-0.25, -0.2) is 9.18 Å². The fourth-order valence-corrected chi connectivity index (χ4v) is 3.46. The summed E-state index contributed by atoms with van der Waals surface area (Å²) in [6.45, 7) is 4.92. The Bertz CT molecular complexity index is 1120. The maximum absolute atomic E-state index is 14.9. The van der Waals surface area contributed by atoms with Gasteiger partial charge in [0.15, 0.2) is 0 Å². The first-order valence-electron chi connectivity index (χ1n) is 9.23. The van der Waals surface area contributed by atoms with Gasteiger partial charge in [-0.15, -0.1) is 0 Å². The van der Waals surface area contributed by atoms with E-state index in [1.54, 1.807) is 34.7 Å². The minimum atomic E-state index is -1.32. The van der Waals surface area contributed by atoms with E-state index in [1.807, 2.05) is 26.0 Å². The van der Waals surface area contributed by atoms with Crippen molar-refractivity contribution in [3.63, 3.8) is 0 Å². The molecule has 0 aliphatic carbocycles. The fraction of sp³-hybridized carbons (Fsp3) is 0.273. The van der Waals surface area contributed by atoms with Gasteiger partial charge < -0.3 is 14.6 Å². The van der Waals surface area contributed by atoms with Crippen molar-refractivity contribution < 1.29 is 14.3 Å². The van der Waals surface area contributed by atoms with Crippen LogP contribution in [0.2, 0.25) is 5.02 Å². The monoisotopic (exact) mass is 416 g/mol. The number of aromatic carboxylic acids is 1. The molecular formula is C22H22ClFN2O3. The zero-order chi connectivity index (χ0) is 21.3. The molecule has 7 heteroatoms. The first kappa shape index (κ1) is 20.9. The Morgan fingerprint density at radius 1 is 1.24 bits per heavy atom. The van der Waals surface area contributed by atoms with Gasteiger partial charge in [-0.05, 0) is 35.7 Å². The Labute approximate surface area is 173 Å². The van der Waals surface area contributed by atoms with Gasteiger partial charge in [0.1, 0.15) is 11.4 Å². The average molecular weight is 417 g/mol. The normalized spacial score (nSPS) is 11.2. The Morgan fingerprint density at radius 3 is 2.48 bits per heavy atom. The third kappa shape index (κ3) is 4.43. The summed E-state index contributed by atoms with van der Waals surface area (Å²) in [5, 5.41) is 10.0. The van der Waals surface area contributed by atoms with Crippen molar-refractivity contribution in [2.75, 3.05) is 11.9 Å². The summed E-state index contributed by atoms with van der Waals surface area (Å²) in [5.74, 6) is -1.69. The highest BCUT2D eigenvalue weighted by molar-refractivity contribution is 6.30. The van der Waals surface area contributed by atoms with Gasteiger partial charge in [-0.2, -0.15) is 0 Å². The second-order valence-corrected chi connectivity index (χ2v) is 7.96. The number of fused-ring (bicyclic) bond motifs is 1. The number of anilines is 1. The molecule has 152 valence electrons. The highest BCUT2D eigenvalue weighted by Gasteiger charge is 2.19. The van der Waals surface area contributed by atoms with Gasteiger partial charge >= 0.3 is 5.97 Å². The maximum atomic E-state index is 14.9. The number of halogens is 2. The van der Waals surface area contributed by atoms with Gasteiger partial charge in [0, 0.05) is 36.7 Å². The van der Waals surface area contributed by atoms with Crippen LogP contribution < -0.4 is 10.3 Å². The number of rotatable bonds is 6. The van der Waals surface area contributed by atoms with Crippen molar-refractivity contribution in [3.05, 3.63) is 74.8 Å². The number of nitrogens with zero attached hydrogens (tertiary/aromatic N) is 2. The number of carbonyl (C=O) groups is 1. The number of hydrogen-bond acceptors (Lipinski definition) is 3. The molecule has 0 bridgehead atoms. The smallest absolute Gasteiger partial charge is 0.341 e. The number of hydrogen-bond donors (Lipinski definition) is 1.